The Morgan fingerprint density at radius 1 is 1.17 bits per heavy atom. The van der Waals surface area contributed by atoms with Gasteiger partial charge in [-0.1, -0.05) is 19.9 Å². The van der Waals surface area contributed by atoms with Gasteiger partial charge in [-0.15, -0.1) is 0 Å². The molecule has 0 aliphatic carbocycles. The number of hydrogen-bond acceptors (Lipinski definition) is 9. The SMILES string of the molecule is CC(C)c1cc(C#N)cc2nc(-c3ccc(C(=O)NCC4(C)CN(c5ccc(NC(=O)C6CC=CC=N6)cn5)C(=O)O4)cc3)oc12. The third kappa shape index (κ3) is 6.21. The maximum Gasteiger partial charge on any atom is 0.416 e. The Morgan fingerprint density at radius 3 is 2.65 bits per heavy atom. The Kier molecular flexibility index (Phi) is 8.06. The van der Waals surface area contributed by atoms with Gasteiger partial charge in [0.15, 0.2) is 5.58 Å². The van der Waals surface area contributed by atoms with Crippen LogP contribution in [0.3, 0.4) is 0 Å². The molecule has 232 valence electrons. The van der Waals surface area contributed by atoms with Crippen LogP contribution >= 0.6 is 0 Å². The number of fused-ring (bicyclic) bond motifs is 1. The van der Waals surface area contributed by atoms with Gasteiger partial charge in [0.05, 0.1) is 36.6 Å². The molecule has 2 aliphatic heterocycles. The summed E-state index contributed by atoms with van der Waals surface area (Å²) >= 11 is 0. The van der Waals surface area contributed by atoms with Gasteiger partial charge in [-0.05, 0) is 73.9 Å². The van der Waals surface area contributed by atoms with Crippen LogP contribution in [0.25, 0.3) is 22.6 Å². The molecule has 2 aliphatic rings. The maximum atomic E-state index is 13.0. The molecule has 0 radical (unpaired) electrons. The molecular weight excluding hydrogens is 586 g/mol. The molecule has 0 saturated carbocycles. The van der Waals surface area contributed by atoms with Crippen LogP contribution in [-0.4, -0.2) is 58.8 Å². The summed E-state index contributed by atoms with van der Waals surface area (Å²) in [4.78, 5) is 52.6. The number of dihydropyridines is 1. The normalized spacial score (nSPS) is 18.9. The van der Waals surface area contributed by atoms with Crippen molar-refractivity contribution in [2.45, 2.75) is 44.8 Å². The van der Waals surface area contributed by atoms with Crippen molar-refractivity contribution in [2.24, 2.45) is 4.99 Å². The number of ether oxygens (including phenoxy) is 1. The number of hydrogen-bond donors (Lipinski definition) is 2. The number of oxazole rings is 1. The zero-order valence-electron chi connectivity index (χ0n) is 25.5. The fraction of sp³-hybridized carbons (Fsp3) is 0.265. The first-order chi connectivity index (χ1) is 22.1. The minimum atomic E-state index is -0.998. The number of pyridine rings is 1. The lowest BCUT2D eigenvalue weighted by molar-refractivity contribution is -0.117. The smallest absolute Gasteiger partial charge is 0.416 e. The second kappa shape index (κ2) is 12.3. The Labute approximate surface area is 264 Å². The van der Waals surface area contributed by atoms with Crippen molar-refractivity contribution in [3.63, 3.8) is 0 Å². The summed E-state index contributed by atoms with van der Waals surface area (Å²) in [5, 5.41) is 15.0. The summed E-state index contributed by atoms with van der Waals surface area (Å²) in [6.45, 7) is 6.03. The van der Waals surface area contributed by atoms with Crippen molar-refractivity contribution < 1.29 is 23.5 Å². The van der Waals surface area contributed by atoms with E-state index in [9.17, 15) is 19.6 Å². The molecular formula is C34H31N7O5. The van der Waals surface area contributed by atoms with Crippen LogP contribution < -0.4 is 15.5 Å². The van der Waals surface area contributed by atoms with E-state index < -0.39 is 17.7 Å². The van der Waals surface area contributed by atoms with Crippen molar-refractivity contribution >= 4 is 46.7 Å². The minimum absolute atomic E-state index is 0.0741. The van der Waals surface area contributed by atoms with Crippen molar-refractivity contribution in [2.75, 3.05) is 23.3 Å². The van der Waals surface area contributed by atoms with E-state index in [1.165, 1.54) is 11.1 Å². The van der Waals surface area contributed by atoms with E-state index in [-0.39, 0.29) is 30.8 Å². The molecule has 2 unspecified atom stereocenters. The number of carbonyl (C=O) groups is 3. The van der Waals surface area contributed by atoms with Crippen LogP contribution in [0.2, 0.25) is 0 Å². The topological polar surface area (TPSA) is 163 Å². The van der Waals surface area contributed by atoms with Crippen LogP contribution in [0.1, 0.15) is 54.6 Å². The Balaban J connectivity index is 1.06. The molecule has 4 aromatic rings. The first kappa shape index (κ1) is 30.2. The van der Waals surface area contributed by atoms with Gasteiger partial charge >= 0.3 is 6.09 Å². The van der Waals surface area contributed by atoms with Gasteiger partial charge in [-0.25, -0.2) is 14.8 Å². The molecule has 1 saturated heterocycles. The van der Waals surface area contributed by atoms with E-state index >= 15 is 0 Å². The monoisotopic (exact) mass is 617 g/mol. The number of allylic oxidation sites excluding steroid dienone is 1. The zero-order valence-corrected chi connectivity index (χ0v) is 25.5. The summed E-state index contributed by atoms with van der Waals surface area (Å²) < 4.78 is 11.7. The zero-order chi connectivity index (χ0) is 32.4. The quantitative estimate of drug-likeness (QED) is 0.267. The highest BCUT2D eigenvalue weighted by Crippen LogP contribution is 2.32. The number of nitrogens with zero attached hydrogens (tertiary/aromatic N) is 5. The molecule has 0 bridgehead atoms. The lowest BCUT2D eigenvalue weighted by atomic mass is 10.00. The molecule has 4 heterocycles. The van der Waals surface area contributed by atoms with E-state index in [2.05, 4.69) is 31.7 Å². The molecule has 3 amide bonds. The number of nitriles is 1. The predicted molar refractivity (Wildman–Crippen MR) is 172 cm³/mol. The average molecular weight is 618 g/mol. The lowest BCUT2D eigenvalue weighted by Gasteiger charge is -2.22. The summed E-state index contributed by atoms with van der Waals surface area (Å²) in [5.74, 6) is 0.318. The number of cyclic esters (lactones) is 1. The van der Waals surface area contributed by atoms with Crippen molar-refractivity contribution in [3.05, 3.63) is 83.6 Å². The van der Waals surface area contributed by atoms with E-state index in [0.29, 0.717) is 51.6 Å². The molecule has 0 spiro atoms. The van der Waals surface area contributed by atoms with Crippen LogP contribution in [0.15, 0.2) is 76.3 Å². The minimum Gasteiger partial charge on any atom is -0.439 e. The Hall–Kier alpha value is -5.83. The highest BCUT2D eigenvalue weighted by atomic mass is 16.6. The molecule has 12 heteroatoms. The molecule has 46 heavy (non-hydrogen) atoms. The number of aromatic nitrogens is 2. The van der Waals surface area contributed by atoms with Crippen molar-refractivity contribution in [1.29, 1.82) is 5.26 Å². The fourth-order valence-electron chi connectivity index (χ4n) is 5.28. The summed E-state index contributed by atoms with van der Waals surface area (Å²) in [5.41, 5.74) is 3.25. The molecule has 6 rings (SSSR count). The van der Waals surface area contributed by atoms with Gasteiger partial charge in [-0.3, -0.25) is 19.5 Å². The molecule has 2 aromatic carbocycles. The number of benzene rings is 2. The average Bonchev–Trinajstić information content (AvgIpc) is 3.64. The Bertz CT molecular complexity index is 1920. The highest BCUT2D eigenvalue weighted by Gasteiger charge is 2.43. The number of nitrogens with one attached hydrogen (secondary N) is 2. The fourth-order valence-corrected chi connectivity index (χ4v) is 5.28. The largest absolute Gasteiger partial charge is 0.439 e. The van der Waals surface area contributed by atoms with E-state index in [1.807, 2.05) is 26.0 Å². The van der Waals surface area contributed by atoms with Crippen LogP contribution in [0, 0.1) is 11.3 Å². The molecule has 2 N–H and O–H groups in total. The standard InChI is InChI=1S/C34H31N7O5/c1-20(2)25-14-21(16-35)15-27-29(25)45-32(40-27)23-9-7-22(8-10-23)30(42)38-18-34(3)19-41(33(44)46-34)28-12-11-24(17-37-28)39-31(43)26-6-4-5-13-36-26/h4-5,7-15,17,20,26H,6,18-19H2,1-3H3,(H,38,42)(H,39,43). The molecule has 2 atom stereocenters. The van der Waals surface area contributed by atoms with Gasteiger partial charge in [0.25, 0.3) is 5.91 Å². The number of rotatable bonds is 8. The lowest BCUT2D eigenvalue weighted by Crippen LogP contribution is -2.43. The first-order valence-corrected chi connectivity index (χ1v) is 14.8. The van der Waals surface area contributed by atoms with Crippen LogP contribution in [0.4, 0.5) is 16.3 Å². The number of amides is 3. The van der Waals surface area contributed by atoms with E-state index in [4.69, 9.17) is 9.15 Å². The van der Waals surface area contributed by atoms with Gasteiger partial charge < -0.3 is 19.8 Å². The maximum absolute atomic E-state index is 13.0. The number of anilines is 2. The number of aliphatic imine (C=N–C) groups is 1. The number of carbonyl (C=O) groups excluding carboxylic acids is 3. The van der Waals surface area contributed by atoms with Gasteiger partial charge in [0.1, 0.15) is 23.0 Å². The summed E-state index contributed by atoms with van der Waals surface area (Å²) in [6.07, 6.45) is 6.68. The van der Waals surface area contributed by atoms with Gasteiger partial charge in [0.2, 0.25) is 11.8 Å². The highest BCUT2D eigenvalue weighted by molar-refractivity contribution is 5.97. The van der Waals surface area contributed by atoms with Crippen LogP contribution in [-0.2, 0) is 9.53 Å². The second-order valence-electron chi connectivity index (χ2n) is 11.7. The molecule has 1 fully saturated rings. The second-order valence-corrected chi connectivity index (χ2v) is 11.7. The summed E-state index contributed by atoms with van der Waals surface area (Å²) in [6, 6.07) is 15.3. The van der Waals surface area contributed by atoms with Crippen molar-refractivity contribution in [3.8, 4) is 17.5 Å². The van der Waals surface area contributed by atoms with Gasteiger partial charge in [-0.2, -0.15) is 5.26 Å². The summed E-state index contributed by atoms with van der Waals surface area (Å²) in [7, 11) is 0. The third-order valence-electron chi connectivity index (χ3n) is 7.78. The third-order valence-corrected chi connectivity index (χ3v) is 7.78. The van der Waals surface area contributed by atoms with Gasteiger partial charge in [0, 0.05) is 22.9 Å². The molecule has 2 aromatic heterocycles. The first-order valence-electron chi connectivity index (χ1n) is 14.8. The molecule has 12 nitrogen and oxygen atoms in total. The van der Waals surface area contributed by atoms with Crippen molar-refractivity contribution in [1.82, 2.24) is 15.3 Å². The van der Waals surface area contributed by atoms with E-state index in [1.54, 1.807) is 61.7 Å². The van der Waals surface area contributed by atoms with E-state index in [0.717, 1.165) is 5.56 Å². The Morgan fingerprint density at radius 2 is 1.98 bits per heavy atom. The predicted octanol–water partition coefficient (Wildman–Crippen LogP) is 5.37. The van der Waals surface area contributed by atoms with Crippen LogP contribution in [0.5, 0.6) is 0 Å².